The van der Waals surface area contributed by atoms with Crippen LogP contribution in [0.3, 0.4) is 0 Å². The molecule has 17 heavy (non-hydrogen) atoms. The van der Waals surface area contributed by atoms with E-state index in [2.05, 4.69) is 47.5 Å². The quantitative estimate of drug-likeness (QED) is 0.649. The van der Waals surface area contributed by atoms with Crippen molar-refractivity contribution in [2.24, 2.45) is 0 Å². The fourth-order valence-electron chi connectivity index (χ4n) is 2.43. The summed E-state index contributed by atoms with van der Waals surface area (Å²) in [5.41, 5.74) is 1.23. The second-order valence-electron chi connectivity index (χ2n) is 4.24. The van der Waals surface area contributed by atoms with Gasteiger partial charge in [-0.15, -0.1) is 0 Å². The summed E-state index contributed by atoms with van der Waals surface area (Å²) in [7, 11) is 0. The van der Waals surface area contributed by atoms with Crippen molar-refractivity contribution in [3.63, 3.8) is 0 Å². The van der Waals surface area contributed by atoms with Crippen LogP contribution >= 0.6 is 0 Å². The summed E-state index contributed by atoms with van der Waals surface area (Å²) < 4.78 is 10.8. The highest BCUT2D eigenvalue weighted by molar-refractivity contribution is 5.64. The zero-order valence-corrected chi connectivity index (χ0v) is 9.22. The third-order valence-corrected chi connectivity index (χ3v) is 3.27. The van der Waals surface area contributed by atoms with Gasteiger partial charge in [-0.25, -0.2) is 0 Å². The molecule has 0 bridgehead atoms. The maximum atomic E-state index is 5.43. The maximum absolute atomic E-state index is 5.43. The van der Waals surface area contributed by atoms with E-state index in [0.29, 0.717) is 6.79 Å². The molecule has 0 aromatic heterocycles. The Kier molecular flexibility index (Phi) is 1.66. The van der Waals surface area contributed by atoms with E-state index in [1.165, 1.54) is 16.1 Å². The molecule has 0 spiro atoms. The van der Waals surface area contributed by atoms with Gasteiger partial charge in [-0.05, 0) is 29.5 Å². The lowest BCUT2D eigenvalue weighted by atomic mass is 10.1. The van der Waals surface area contributed by atoms with Crippen LogP contribution in [0.15, 0.2) is 36.6 Å². The Morgan fingerprint density at radius 1 is 1.06 bits per heavy atom. The van der Waals surface area contributed by atoms with Crippen LogP contribution in [0.5, 0.6) is 11.5 Å². The number of nitrogens with zero attached hydrogens (tertiary/aromatic N) is 1. The number of hydrogen-bond donors (Lipinski definition) is 0. The highest BCUT2D eigenvalue weighted by Gasteiger charge is 2.17. The van der Waals surface area contributed by atoms with Crippen molar-refractivity contribution in [2.75, 3.05) is 13.3 Å². The van der Waals surface area contributed by atoms with Crippen LogP contribution in [-0.4, -0.2) is 18.2 Å². The van der Waals surface area contributed by atoms with Crippen LogP contribution in [-0.2, 0) is 0 Å². The van der Waals surface area contributed by atoms with Gasteiger partial charge in [0.05, 0.1) is 0 Å². The van der Waals surface area contributed by atoms with Crippen LogP contribution in [0.2, 0.25) is 0 Å². The molecular weight excluding hydrogens is 214 g/mol. The zero-order chi connectivity index (χ0) is 11.2. The lowest BCUT2D eigenvalue weighted by molar-refractivity contribution is 0.174. The second-order valence-corrected chi connectivity index (χ2v) is 4.24. The second kappa shape index (κ2) is 3.17. The first-order chi connectivity index (χ1) is 8.42. The van der Waals surface area contributed by atoms with E-state index in [1.54, 1.807) is 0 Å². The average molecular weight is 225 g/mol. The van der Waals surface area contributed by atoms with Crippen LogP contribution in [0, 0.1) is 0 Å². The number of fused-ring (bicyclic) bond motifs is 3. The topological polar surface area (TPSA) is 21.7 Å². The van der Waals surface area contributed by atoms with Gasteiger partial charge >= 0.3 is 0 Å². The molecule has 0 fully saturated rings. The summed E-state index contributed by atoms with van der Waals surface area (Å²) in [5, 5.41) is 2.43. The van der Waals surface area contributed by atoms with Crippen molar-refractivity contribution in [3.05, 3.63) is 47.0 Å². The summed E-state index contributed by atoms with van der Waals surface area (Å²) in [6, 6.07) is 4.13. The van der Waals surface area contributed by atoms with Gasteiger partial charge < -0.3 is 14.4 Å². The molecule has 0 saturated carbocycles. The molecule has 1 aromatic rings. The van der Waals surface area contributed by atoms with E-state index in [-0.39, 0.29) is 0 Å². The number of hydrogen-bond acceptors (Lipinski definition) is 3. The van der Waals surface area contributed by atoms with Crippen LogP contribution < -0.4 is 19.9 Å². The van der Waals surface area contributed by atoms with Crippen LogP contribution in [0.25, 0.3) is 11.8 Å². The molecule has 0 saturated heterocycles. The van der Waals surface area contributed by atoms with Crippen molar-refractivity contribution >= 4 is 11.8 Å². The lowest BCUT2D eigenvalue weighted by Gasteiger charge is -2.25. The SMILES string of the molecule is C1=CC2=c3cc4c(cc3=CCN2C=C1)OCO4. The fraction of sp³-hybridized carbons (Fsp3) is 0.143. The third kappa shape index (κ3) is 1.22. The summed E-state index contributed by atoms with van der Waals surface area (Å²) in [6.07, 6.45) is 10.6. The molecule has 1 aromatic carbocycles. The van der Waals surface area contributed by atoms with Gasteiger partial charge in [-0.1, -0.05) is 12.2 Å². The Hall–Kier alpha value is -2.16. The molecule has 4 rings (SSSR count). The predicted octanol–water partition coefficient (Wildman–Crippen LogP) is 0.703. The van der Waals surface area contributed by atoms with E-state index < -0.39 is 0 Å². The summed E-state index contributed by atoms with van der Waals surface area (Å²) in [5.74, 6) is 1.69. The summed E-state index contributed by atoms with van der Waals surface area (Å²) in [4.78, 5) is 2.23. The van der Waals surface area contributed by atoms with Gasteiger partial charge in [-0.3, -0.25) is 0 Å². The molecule has 0 atom stereocenters. The van der Waals surface area contributed by atoms with Gasteiger partial charge in [0.25, 0.3) is 0 Å². The molecule has 0 amide bonds. The Morgan fingerprint density at radius 3 is 2.88 bits per heavy atom. The number of benzene rings is 1. The Morgan fingerprint density at radius 2 is 1.94 bits per heavy atom. The summed E-state index contributed by atoms with van der Waals surface area (Å²) in [6.45, 7) is 1.23. The standard InChI is InChI=1S/C14H11NO2/c1-2-5-15-6-4-10-7-13-14(17-9-16-13)8-11(10)12(15)3-1/h1-5,7-8H,6,9H2. The first-order valence-corrected chi connectivity index (χ1v) is 5.67. The molecule has 0 radical (unpaired) electrons. The minimum atomic E-state index is 0.326. The normalized spacial score (nSPS) is 18.8. The Balaban J connectivity index is 2.07. The van der Waals surface area contributed by atoms with Gasteiger partial charge in [0.15, 0.2) is 11.5 Å². The molecule has 84 valence electrons. The third-order valence-electron chi connectivity index (χ3n) is 3.27. The molecule has 3 heteroatoms. The van der Waals surface area contributed by atoms with E-state index in [9.17, 15) is 0 Å². The van der Waals surface area contributed by atoms with Gasteiger partial charge in [-0.2, -0.15) is 0 Å². The minimum absolute atomic E-state index is 0.326. The van der Waals surface area contributed by atoms with E-state index in [1.807, 2.05) is 0 Å². The highest BCUT2D eigenvalue weighted by atomic mass is 16.7. The predicted molar refractivity (Wildman–Crippen MR) is 64.7 cm³/mol. The first kappa shape index (κ1) is 8.93. The van der Waals surface area contributed by atoms with Crippen molar-refractivity contribution in [3.8, 4) is 11.5 Å². The van der Waals surface area contributed by atoms with E-state index >= 15 is 0 Å². The van der Waals surface area contributed by atoms with Crippen molar-refractivity contribution in [1.82, 2.24) is 4.90 Å². The molecule has 3 nitrogen and oxygen atoms in total. The van der Waals surface area contributed by atoms with Crippen molar-refractivity contribution in [1.29, 1.82) is 0 Å². The number of ether oxygens (including phenoxy) is 2. The number of allylic oxidation sites excluding steroid dienone is 2. The summed E-state index contributed by atoms with van der Waals surface area (Å²) >= 11 is 0. The molecule has 0 aliphatic carbocycles. The smallest absolute Gasteiger partial charge is 0.231 e. The molecular formula is C14H11NO2. The maximum Gasteiger partial charge on any atom is 0.231 e. The minimum Gasteiger partial charge on any atom is -0.454 e. The van der Waals surface area contributed by atoms with Crippen molar-refractivity contribution < 1.29 is 9.47 Å². The van der Waals surface area contributed by atoms with Crippen LogP contribution in [0.4, 0.5) is 0 Å². The molecule has 3 aliphatic heterocycles. The fourth-order valence-corrected chi connectivity index (χ4v) is 2.43. The zero-order valence-electron chi connectivity index (χ0n) is 9.22. The van der Waals surface area contributed by atoms with Crippen molar-refractivity contribution in [2.45, 2.75) is 0 Å². The monoisotopic (exact) mass is 225 g/mol. The van der Waals surface area contributed by atoms with E-state index in [4.69, 9.17) is 9.47 Å². The van der Waals surface area contributed by atoms with Gasteiger partial charge in [0.2, 0.25) is 6.79 Å². The first-order valence-electron chi connectivity index (χ1n) is 5.67. The molecule has 3 heterocycles. The Bertz CT molecular complexity index is 670. The lowest BCUT2D eigenvalue weighted by Crippen LogP contribution is -2.37. The van der Waals surface area contributed by atoms with Gasteiger partial charge in [0.1, 0.15) is 0 Å². The Labute approximate surface area is 98.6 Å². The van der Waals surface area contributed by atoms with Gasteiger partial charge in [0, 0.05) is 23.7 Å². The molecule has 3 aliphatic rings. The molecule has 0 N–H and O–H groups in total. The van der Waals surface area contributed by atoms with E-state index in [0.717, 1.165) is 18.0 Å². The molecule has 0 unspecified atom stereocenters. The number of rotatable bonds is 0. The largest absolute Gasteiger partial charge is 0.454 e. The van der Waals surface area contributed by atoms with Crippen LogP contribution in [0.1, 0.15) is 0 Å². The average Bonchev–Trinajstić information content (AvgIpc) is 2.83. The highest BCUT2D eigenvalue weighted by Crippen LogP contribution is 2.29.